The van der Waals surface area contributed by atoms with Crippen LogP contribution in [0.1, 0.15) is 57.8 Å². The molecule has 0 radical (unpaired) electrons. The van der Waals surface area contributed by atoms with Crippen molar-refractivity contribution in [1.29, 1.82) is 0 Å². The molecule has 1 fully saturated rings. The first-order chi connectivity index (χ1) is 20.2. The highest BCUT2D eigenvalue weighted by molar-refractivity contribution is 7.92. The maximum absolute atomic E-state index is 14.4. The molecule has 13 heteroatoms. The summed E-state index contributed by atoms with van der Waals surface area (Å²) >= 11 is 1.13. The Balaban J connectivity index is 2.02. The highest BCUT2D eigenvalue weighted by atomic mass is 32.2. The Morgan fingerprint density at radius 2 is 1.86 bits per heavy atom. The van der Waals surface area contributed by atoms with Gasteiger partial charge in [0, 0.05) is 52.6 Å². The van der Waals surface area contributed by atoms with Gasteiger partial charge in [-0.15, -0.1) is 0 Å². The van der Waals surface area contributed by atoms with Gasteiger partial charge < -0.3 is 19.5 Å². The van der Waals surface area contributed by atoms with Gasteiger partial charge in [0.15, 0.2) is 0 Å². The first kappa shape index (κ1) is 32.9. The second kappa shape index (κ2) is 12.9. The molecule has 11 nitrogen and oxygen atoms in total. The molecule has 1 aromatic carbocycles. The Hall–Kier alpha value is -3.00. The van der Waals surface area contributed by atoms with Crippen LogP contribution in [0.4, 0.5) is 5.00 Å². The standard InChI is InChI=1S/C30H42N4O7S2/c1-18(2)31-28(36)30(4,5)34-26(35)24-19(3)25(32-43(7,8)38)42-27(24)33(29(34)37)17-23(41-20-13-15-40-16-14-20)21-11-9-10-12-22(21)39-6/h9-12,18,20,23H,13-17H2,1-8H3,(H,31,36)/t23-/m0/s1. The van der Waals surface area contributed by atoms with Crippen LogP contribution in [-0.2, 0) is 36.1 Å². The SMILES string of the molecule is COc1ccccc1[C@H](Cn1c(=O)n(C(C)(C)C(=O)NC(C)C)c(=O)c2c(C)c(N=S(C)(C)=O)sc21)OC1CCOCC1. The molecule has 3 heterocycles. The molecule has 0 saturated carbocycles. The Bertz CT molecular complexity index is 1730. The van der Waals surface area contributed by atoms with Crippen molar-refractivity contribution in [3.63, 3.8) is 0 Å². The third-order valence-electron chi connectivity index (χ3n) is 7.38. The quantitative estimate of drug-likeness (QED) is 0.356. The van der Waals surface area contributed by atoms with Gasteiger partial charge in [-0.1, -0.05) is 29.5 Å². The van der Waals surface area contributed by atoms with Gasteiger partial charge in [-0.3, -0.25) is 14.2 Å². The number of nitrogens with one attached hydrogen (secondary N) is 1. The number of hydrogen-bond acceptors (Lipinski definition) is 9. The van der Waals surface area contributed by atoms with Crippen LogP contribution in [-0.4, -0.2) is 64.2 Å². The van der Waals surface area contributed by atoms with Crippen LogP contribution in [0.15, 0.2) is 38.2 Å². The fourth-order valence-electron chi connectivity index (χ4n) is 5.17. The molecule has 1 aliphatic heterocycles. The van der Waals surface area contributed by atoms with E-state index in [9.17, 15) is 18.6 Å². The zero-order valence-corrected chi connectivity index (χ0v) is 27.7. The van der Waals surface area contributed by atoms with Crippen LogP contribution in [0.5, 0.6) is 5.75 Å². The molecule has 0 spiro atoms. The van der Waals surface area contributed by atoms with E-state index in [1.54, 1.807) is 27.9 Å². The Morgan fingerprint density at radius 1 is 1.21 bits per heavy atom. The maximum Gasteiger partial charge on any atom is 0.333 e. The van der Waals surface area contributed by atoms with Gasteiger partial charge in [-0.25, -0.2) is 13.6 Å². The second-order valence-corrected chi connectivity index (χ2v) is 15.4. The number of aryl methyl sites for hydroxylation is 1. The smallest absolute Gasteiger partial charge is 0.333 e. The Morgan fingerprint density at radius 3 is 2.47 bits per heavy atom. The van der Waals surface area contributed by atoms with Gasteiger partial charge in [0.05, 0.1) is 25.1 Å². The van der Waals surface area contributed by atoms with Crippen molar-refractivity contribution in [1.82, 2.24) is 14.5 Å². The lowest BCUT2D eigenvalue weighted by Crippen LogP contribution is -2.56. The molecule has 2 aromatic heterocycles. The van der Waals surface area contributed by atoms with E-state index >= 15 is 0 Å². The summed E-state index contributed by atoms with van der Waals surface area (Å²) in [6.07, 6.45) is 3.67. The van der Waals surface area contributed by atoms with Crippen LogP contribution in [0.2, 0.25) is 0 Å². The average Bonchev–Trinajstić information content (AvgIpc) is 3.24. The molecule has 43 heavy (non-hydrogen) atoms. The summed E-state index contributed by atoms with van der Waals surface area (Å²) in [5.74, 6) is 0.138. The van der Waals surface area contributed by atoms with Crippen LogP contribution in [0, 0.1) is 6.92 Å². The zero-order valence-electron chi connectivity index (χ0n) is 26.1. The minimum Gasteiger partial charge on any atom is -0.496 e. The lowest BCUT2D eigenvalue weighted by molar-refractivity contribution is -0.129. The van der Waals surface area contributed by atoms with E-state index in [4.69, 9.17) is 14.2 Å². The molecule has 0 unspecified atom stereocenters. The number of methoxy groups -OCH3 is 1. The van der Waals surface area contributed by atoms with Gasteiger partial charge in [-0.05, 0) is 53.5 Å². The van der Waals surface area contributed by atoms with Gasteiger partial charge in [0.1, 0.15) is 27.2 Å². The van der Waals surface area contributed by atoms with E-state index in [0.717, 1.165) is 21.5 Å². The first-order valence-corrected chi connectivity index (χ1v) is 17.4. The number of carbonyl (C=O) groups excluding carboxylic acids is 1. The molecule has 1 aliphatic rings. The van der Waals surface area contributed by atoms with Crippen molar-refractivity contribution in [3.8, 4) is 5.75 Å². The number of carbonyl (C=O) groups is 1. The number of benzene rings is 1. The summed E-state index contributed by atoms with van der Waals surface area (Å²) in [7, 11) is -0.993. The average molecular weight is 635 g/mol. The minimum absolute atomic E-state index is 0.0300. The van der Waals surface area contributed by atoms with Crippen molar-refractivity contribution in [2.24, 2.45) is 4.36 Å². The molecule has 1 N–H and O–H groups in total. The molecule has 3 aromatic rings. The normalized spacial score (nSPS) is 15.6. The number of para-hydroxylation sites is 1. The van der Waals surface area contributed by atoms with Crippen LogP contribution in [0.25, 0.3) is 10.2 Å². The van der Waals surface area contributed by atoms with Gasteiger partial charge in [0.2, 0.25) is 5.91 Å². The number of rotatable bonds is 10. The number of ether oxygens (including phenoxy) is 3. The lowest BCUT2D eigenvalue weighted by Gasteiger charge is -2.30. The van der Waals surface area contributed by atoms with Crippen molar-refractivity contribution >= 4 is 42.2 Å². The summed E-state index contributed by atoms with van der Waals surface area (Å²) in [5.41, 5.74) is -1.53. The van der Waals surface area contributed by atoms with Crippen molar-refractivity contribution in [3.05, 3.63) is 56.2 Å². The summed E-state index contributed by atoms with van der Waals surface area (Å²) in [6.45, 7) is 9.62. The Kier molecular flexibility index (Phi) is 9.89. The van der Waals surface area contributed by atoms with Gasteiger partial charge >= 0.3 is 5.69 Å². The molecule has 0 bridgehead atoms. The number of fused-ring (bicyclic) bond motifs is 1. The molecular weight excluding hydrogens is 592 g/mol. The van der Waals surface area contributed by atoms with Gasteiger partial charge in [-0.2, -0.15) is 4.36 Å². The third-order valence-corrected chi connectivity index (χ3v) is 9.33. The molecule has 236 valence electrons. The van der Waals surface area contributed by atoms with E-state index in [0.29, 0.717) is 47.2 Å². The van der Waals surface area contributed by atoms with Crippen LogP contribution in [0.3, 0.4) is 0 Å². The highest BCUT2D eigenvalue weighted by Gasteiger charge is 2.36. The number of hydrogen-bond donors (Lipinski definition) is 1. The molecule has 4 rings (SSSR count). The number of amides is 1. The fourth-order valence-corrected chi connectivity index (χ4v) is 7.44. The Labute approximate surface area is 256 Å². The topological polar surface area (TPSA) is 130 Å². The summed E-state index contributed by atoms with van der Waals surface area (Å²) < 4.78 is 37.4. The summed E-state index contributed by atoms with van der Waals surface area (Å²) in [4.78, 5) is 42.3. The van der Waals surface area contributed by atoms with Crippen LogP contribution >= 0.6 is 11.3 Å². The second-order valence-electron chi connectivity index (χ2n) is 11.9. The molecule has 1 saturated heterocycles. The van der Waals surface area contributed by atoms with E-state index in [2.05, 4.69) is 9.68 Å². The monoisotopic (exact) mass is 634 g/mol. The lowest BCUT2D eigenvalue weighted by atomic mass is 10.0. The third kappa shape index (κ3) is 7.05. The van der Waals surface area contributed by atoms with Crippen molar-refractivity contribution in [2.45, 2.75) is 77.8 Å². The molecule has 1 atom stereocenters. The molecular formula is C30H42N4O7S2. The predicted octanol–water partition coefficient (Wildman–Crippen LogP) is 4.10. The number of thiophene rings is 1. The van der Waals surface area contributed by atoms with Crippen molar-refractivity contribution < 1.29 is 23.2 Å². The van der Waals surface area contributed by atoms with Crippen LogP contribution < -0.4 is 21.3 Å². The van der Waals surface area contributed by atoms with Crippen molar-refractivity contribution in [2.75, 3.05) is 32.8 Å². The minimum atomic E-state index is -2.57. The molecule has 1 amide bonds. The number of aromatic nitrogens is 2. The fraction of sp³-hybridized carbons (Fsp3) is 0.567. The predicted molar refractivity (Wildman–Crippen MR) is 170 cm³/mol. The maximum atomic E-state index is 14.4. The largest absolute Gasteiger partial charge is 0.496 e. The van der Waals surface area contributed by atoms with E-state index in [1.807, 2.05) is 38.1 Å². The number of nitrogens with zero attached hydrogens (tertiary/aromatic N) is 3. The van der Waals surface area contributed by atoms with E-state index < -0.39 is 38.5 Å². The van der Waals surface area contributed by atoms with Gasteiger partial charge in [0.25, 0.3) is 5.56 Å². The van der Waals surface area contributed by atoms with E-state index in [-0.39, 0.29) is 24.1 Å². The van der Waals surface area contributed by atoms with E-state index in [1.165, 1.54) is 17.1 Å². The first-order valence-electron chi connectivity index (χ1n) is 14.3. The molecule has 0 aliphatic carbocycles. The summed E-state index contributed by atoms with van der Waals surface area (Å²) in [5, 5.41) is 3.49. The highest BCUT2D eigenvalue weighted by Crippen LogP contribution is 2.38. The summed E-state index contributed by atoms with van der Waals surface area (Å²) in [6, 6.07) is 7.26. The zero-order chi connectivity index (χ0) is 31.7.